The average Bonchev–Trinajstić information content (AvgIpc) is 2.99. The first-order chi connectivity index (χ1) is 11.5. The molecule has 122 valence electrons. The van der Waals surface area contributed by atoms with E-state index in [1.807, 2.05) is 63.2 Å². The van der Waals surface area contributed by atoms with Gasteiger partial charge in [-0.1, -0.05) is 35.0 Å². The van der Waals surface area contributed by atoms with Crippen LogP contribution in [-0.4, -0.2) is 16.0 Å². The van der Waals surface area contributed by atoms with Gasteiger partial charge in [-0.3, -0.25) is 4.79 Å². The van der Waals surface area contributed by atoms with E-state index in [0.29, 0.717) is 11.7 Å². The first-order valence-electron chi connectivity index (χ1n) is 7.78. The van der Waals surface area contributed by atoms with Crippen molar-refractivity contribution in [2.75, 3.05) is 5.32 Å². The molecule has 0 atom stereocenters. The van der Waals surface area contributed by atoms with Gasteiger partial charge in [-0.25, -0.2) is 0 Å². The van der Waals surface area contributed by atoms with Crippen LogP contribution in [0.1, 0.15) is 22.5 Å². The summed E-state index contributed by atoms with van der Waals surface area (Å²) in [5.74, 6) is 0.628. The molecule has 0 saturated heterocycles. The molecule has 5 heteroatoms. The van der Waals surface area contributed by atoms with Gasteiger partial charge in [0.25, 0.3) is 5.89 Å². The quantitative estimate of drug-likeness (QED) is 0.792. The third-order valence-corrected chi connectivity index (χ3v) is 3.72. The van der Waals surface area contributed by atoms with Crippen molar-refractivity contribution in [3.63, 3.8) is 0 Å². The summed E-state index contributed by atoms with van der Waals surface area (Å²) >= 11 is 0. The molecular weight excluding hydrogens is 302 g/mol. The second kappa shape index (κ2) is 6.66. The van der Waals surface area contributed by atoms with Gasteiger partial charge in [0.05, 0.1) is 6.42 Å². The number of benzene rings is 2. The third-order valence-electron chi connectivity index (χ3n) is 3.72. The zero-order valence-corrected chi connectivity index (χ0v) is 14.0. The summed E-state index contributed by atoms with van der Waals surface area (Å²) in [7, 11) is 0. The van der Waals surface area contributed by atoms with E-state index in [1.54, 1.807) is 0 Å². The van der Waals surface area contributed by atoms with Crippen molar-refractivity contribution in [3.8, 4) is 11.5 Å². The number of nitrogens with zero attached hydrogens (tertiary/aromatic N) is 2. The van der Waals surface area contributed by atoms with Crippen molar-refractivity contribution in [3.05, 3.63) is 65.0 Å². The molecule has 0 saturated carbocycles. The molecule has 1 aromatic heterocycles. The maximum atomic E-state index is 12.2. The molecule has 0 fully saturated rings. The second-order valence-electron chi connectivity index (χ2n) is 5.93. The third kappa shape index (κ3) is 3.68. The minimum atomic E-state index is -0.166. The number of rotatable bonds is 4. The zero-order chi connectivity index (χ0) is 17.1. The molecule has 0 bridgehead atoms. The number of nitrogens with one attached hydrogen (secondary N) is 1. The smallest absolute Gasteiger partial charge is 0.257 e. The maximum Gasteiger partial charge on any atom is 0.257 e. The number of anilines is 1. The van der Waals surface area contributed by atoms with Crippen LogP contribution in [0, 0.1) is 20.8 Å². The molecule has 0 spiro atoms. The van der Waals surface area contributed by atoms with E-state index in [-0.39, 0.29) is 12.3 Å². The number of hydrogen-bond donors (Lipinski definition) is 1. The number of hydrogen-bond acceptors (Lipinski definition) is 4. The van der Waals surface area contributed by atoms with Crippen molar-refractivity contribution < 1.29 is 9.32 Å². The molecule has 2 aromatic carbocycles. The SMILES string of the molecule is Cc1cccc(-c2nc(CC(=O)Nc3cc(C)ccc3C)no2)c1. The molecule has 0 aliphatic rings. The first-order valence-corrected chi connectivity index (χ1v) is 7.78. The van der Waals surface area contributed by atoms with Gasteiger partial charge in [0.15, 0.2) is 5.82 Å². The Balaban J connectivity index is 1.70. The van der Waals surface area contributed by atoms with Crippen LogP contribution < -0.4 is 5.32 Å². The summed E-state index contributed by atoms with van der Waals surface area (Å²) in [5, 5.41) is 6.79. The van der Waals surface area contributed by atoms with Crippen LogP contribution in [0.4, 0.5) is 5.69 Å². The van der Waals surface area contributed by atoms with Crippen molar-refractivity contribution in [2.24, 2.45) is 0 Å². The number of aryl methyl sites for hydroxylation is 3. The number of amides is 1. The summed E-state index contributed by atoms with van der Waals surface area (Å²) in [6.45, 7) is 5.94. The van der Waals surface area contributed by atoms with Gasteiger partial charge in [0, 0.05) is 11.3 Å². The van der Waals surface area contributed by atoms with E-state index < -0.39 is 0 Å². The van der Waals surface area contributed by atoms with E-state index in [0.717, 1.165) is 27.9 Å². The molecule has 3 rings (SSSR count). The lowest BCUT2D eigenvalue weighted by Crippen LogP contribution is -2.16. The van der Waals surface area contributed by atoms with Gasteiger partial charge in [0.2, 0.25) is 5.91 Å². The number of carbonyl (C=O) groups excluding carboxylic acids is 1. The van der Waals surface area contributed by atoms with Gasteiger partial charge in [-0.2, -0.15) is 4.98 Å². The van der Waals surface area contributed by atoms with Crippen LogP contribution in [0.15, 0.2) is 47.0 Å². The summed E-state index contributed by atoms with van der Waals surface area (Å²) in [4.78, 5) is 16.5. The molecule has 0 aliphatic carbocycles. The molecule has 1 N–H and O–H groups in total. The van der Waals surface area contributed by atoms with E-state index in [9.17, 15) is 4.79 Å². The minimum absolute atomic E-state index is 0.0721. The topological polar surface area (TPSA) is 68.0 Å². The monoisotopic (exact) mass is 321 g/mol. The lowest BCUT2D eigenvalue weighted by molar-refractivity contribution is -0.115. The highest BCUT2D eigenvalue weighted by molar-refractivity contribution is 5.92. The molecule has 1 heterocycles. The van der Waals surface area contributed by atoms with Crippen LogP contribution in [0.2, 0.25) is 0 Å². The highest BCUT2D eigenvalue weighted by Crippen LogP contribution is 2.19. The molecule has 5 nitrogen and oxygen atoms in total. The van der Waals surface area contributed by atoms with Crippen LogP contribution >= 0.6 is 0 Å². The van der Waals surface area contributed by atoms with Crippen molar-refractivity contribution in [2.45, 2.75) is 27.2 Å². The maximum absolute atomic E-state index is 12.2. The molecule has 0 aliphatic heterocycles. The summed E-state index contributed by atoms with van der Waals surface area (Å²) in [6, 6.07) is 13.7. The summed E-state index contributed by atoms with van der Waals surface area (Å²) in [6.07, 6.45) is 0.0721. The standard InChI is InChI=1S/C19H19N3O2/c1-12-5-4-6-15(9-12)19-21-17(22-24-19)11-18(23)20-16-10-13(2)7-8-14(16)3/h4-10H,11H2,1-3H3,(H,20,23). The highest BCUT2D eigenvalue weighted by atomic mass is 16.5. The van der Waals surface area contributed by atoms with Crippen LogP contribution in [0.5, 0.6) is 0 Å². The van der Waals surface area contributed by atoms with Crippen LogP contribution in [0.25, 0.3) is 11.5 Å². The Hall–Kier alpha value is -2.95. The molecular formula is C19H19N3O2. The van der Waals surface area contributed by atoms with E-state index in [2.05, 4.69) is 15.5 Å². The van der Waals surface area contributed by atoms with E-state index >= 15 is 0 Å². The summed E-state index contributed by atoms with van der Waals surface area (Å²) in [5.41, 5.74) is 4.88. The second-order valence-corrected chi connectivity index (χ2v) is 5.93. The van der Waals surface area contributed by atoms with Crippen LogP contribution in [-0.2, 0) is 11.2 Å². The van der Waals surface area contributed by atoms with Gasteiger partial charge in [0.1, 0.15) is 0 Å². The molecule has 0 radical (unpaired) electrons. The zero-order valence-electron chi connectivity index (χ0n) is 14.0. The van der Waals surface area contributed by atoms with Crippen molar-refractivity contribution in [1.82, 2.24) is 10.1 Å². The Morgan fingerprint density at radius 2 is 1.88 bits per heavy atom. The fraction of sp³-hybridized carbons (Fsp3) is 0.211. The fourth-order valence-corrected chi connectivity index (χ4v) is 2.43. The van der Waals surface area contributed by atoms with Crippen molar-refractivity contribution >= 4 is 11.6 Å². The molecule has 3 aromatic rings. The Labute approximate surface area is 140 Å². The van der Waals surface area contributed by atoms with Gasteiger partial charge in [-0.15, -0.1) is 0 Å². The minimum Gasteiger partial charge on any atom is -0.334 e. The predicted molar refractivity (Wildman–Crippen MR) is 92.7 cm³/mol. The van der Waals surface area contributed by atoms with Crippen molar-refractivity contribution in [1.29, 1.82) is 0 Å². The molecule has 1 amide bonds. The Kier molecular flexibility index (Phi) is 4.42. The number of aromatic nitrogens is 2. The largest absolute Gasteiger partial charge is 0.334 e. The molecule has 24 heavy (non-hydrogen) atoms. The lowest BCUT2D eigenvalue weighted by atomic mass is 10.1. The lowest BCUT2D eigenvalue weighted by Gasteiger charge is -2.08. The first kappa shape index (κ1) is 15.9. The van der Waals surface area contributed by atoms with Crippen LogP contribution in [0.3, 0.4) is 0 Å². The van der Waals surface area contributed by atoms with Gasteiger partial charge >= 0.3 is 0 Å². The average molecular weight is 321 g/mol. The predicted octanol–water partition coefficient (Wildman–Crippen LogP) is 3.84. The Bertz CT molecular complexity index is 884. The number of carbonyl (C=O) groups is 1. The van der Waals surface area contributed by atoms with Gasteiger partial charge in [-0.05, 0) is 50.1 Å². The van der Waals surface area contributed by atoms with Gasteiger partial charge < -0.3 is 9.84 Å². The van der Waals surface area contributed by atoms with E-state index in [1.165, 1.54) is 0 Å². The Morgan fingerprint density at radius 1 is 1.08 bits per heavy atom. The highest BCUT2D eigenvalue weighted by Gasteiger charge is 2.13. The van der Waals surface area contributed by atoms with E-state index in [4.69, 9.17) is 4.52 Å². The fourth-order valence-electron chi connectivity index (χ4n) is 2.43. The molecule has 0 unspecified atom stereocenters. The summed E-state index contributed by atoms with van der Waals surface area (Å²) < 4.78 is 5.26. The normalized spacial score (nSPS) is 10.6. The Morgan fingerprint density at radius 3 is 2.67 bits per heavy atom.